The van der Waals surface area contributed by atoms with Gasteiger partial charge in [-0.3, -0.25) is 19.7 Å². The van der Waals surface area contributed by atoms with Crippen LogP contribution in [0.2, 0.25) is 0 Å². The summed E-state index contributed by atoms with van der Waals surface area (Å²) >= 11 is 0. The van der Waals surface area contributed by atoms with Gasteiger partial charge in [0.25, 0.3) is 5.91 Å². The van der Waals surface area contributed by atoms with Crippen LogP contribution < -0.4 is 10.2 Å². The van der Waals surface area contributed by atoms with Crippen LogP contribution in [0.4, 0.5) is 5.69 Å². The molecule has 1 N–H and O–H groups in total. The smallest absolute Gasteiger partial charge is 0.255 e. The molecule has 0 bridgehead atoms. The van der Waals surface area contributed by atoms with Gasteiger partial charge in [0, 0.05) is 50.4 Å². The highest BCUT2D eigenvalue weighted by molar-refractivity contribution is 6.05. The van der Waals surface area contributed by atoms with E-state index in [0.717, 1.165) is 37.4 Å². The first-order valence-corrected chi connectivity index (χ1v) is 8.74. The highest BCUT2D eigenvalue weighted by Crippen LogP contribution is 2.30. The third-order valence-electron chi connectivity index (χ3n) is 5.38. The Morgan fingerprint density at radius 3 is 2.56 bits per heavy atom. The zero-order chi connectivity index (χ0) is 17.6. The lowest BCUT2D eigenvalue weighted by Crippen LogP contribution is -2.52. The van der Waals surface area contributed by atoms with Gasteiger partial charge in [-0.15, -0.1) is 0 Å². The third-order valence-corrected chi connectivity index (χ3v) is 5.38. The molecular weight excluding hydrogens is 320 g/mol. The first-order valence-electron chi connectivity index (χ1n) is 8.74. The number of piperidine rings is 1. The second kappa shape index (κ2) is 6.15. The van der Waals surface area contributed by atoms with Crippen molar-refractivity contribution in [1.29, 1.82) is 0 Å². The van der Waals surface area contributed by atoms with E-state index in [9.17, 15) is 14.4 Å². The maximum absolute atomic E-state index is 12.8. The van der Waals surface area contributed by atoms with Gasteiger partial charge in [-0.25, -0.2) is 0 Å². The number of amides is 3. The van der Waals surface area contributed by atoms with E-state index in [0.29, 0.717) is 18.5 Å². The number of nitrogens with one attached hydrogen (secondary N) is 1. The van der Waals surface area contributed by atoms with Crippen LogP contribution in [0.5, 0.6) is 0 Å². The predicted molar refractivity (Wildman–Crippen MR) is 92.2 cm³/mol. The monoisotopic (exact) mass is 342 g/mol. The quantitative estimate of drug-likeness (QED) is 0.778. The number of piperazine rings is 1. The van der Waals surface area contributed by atoms with E-state index < -0.39 is 6.04 Å². The van der Waals surface area contributed by atoms with Crippen LogP contribution in [0.1, 0.15) is 28.8 Å². The number of imide groups is 1. The molecule has 2 fully saturated rings. The molecule has 1 unspecified atom stereocenters. The average molecular weight is 342 g/mol. The van der Waals surface area contributed by atoms with Gasteiger partial charge in [0.05, 0.1) is 0 Å². The van der Waals surface area contributed by atoms with Crippen LogP contribution in [-0.2, 0) is 16.1 Å². The highest BCUT2D eigenvalue weighted by atomic mass is 16.2. The zero-order valence-electron chi connectivity index (χ0n) is 14.3. The molecule has 0 saturated carbocycles. The van der Waals surface area contributed by atoms with Gasteiger partial charge in [0.15, 0.2) is 0 Å². The van der Waals surface area contributed by atoms with Crippen LogP contribution in [0.3, 0.4) is 0 Å². The first-order chi connectivity index (χ1) is 12.0. The maximum Gasteiger partial charge on any atom is 0.255 e. The minimum absolute atomic E-state index is 0.111. The number of carbonyl (C=O) groups excluding carboxylic acids is 3. The minimum Gasteiger partial charge on any atom is -0.369 e. The van der Waals surface area contributed by atoms with E-state index in [1.54, 1.807) is 4.90 Å². The van der Waals surface area contributed by atoms with Crippen molar-refractivity contribution in [2.24, 2.45) is 0 Å². The summed E-state index contributed by atoms with van der Waals surface area (Å²) in [4.78, 5) is 42.5. The summed E-state index contributed by atoms with van der Waals surface area (Å²) in [5.41, 5.74) is 2.69. The summed E-state index contributed by atoms with van der Waals surface area (Å²) in [6.45, 7) is 4.34. The third kappa shape index (κ3) is 2.89. The molecule has 3 aliphatic rings. The molecule has 0 radical (unpaired) electrons. The summed E-state index contributed by atoms with van der Waals surface area (Å²) in [7, 11) is 2.11. The van der Waals surface area contributed by atoms with Gasteiger partial charge in [0.1, 0.15) is 6.04 Å². The molecule has 25 heavy (non-hydrogen) atoms. The second-order valence-electron chi connectivity index (χ2n) is 7.03. The normalized spacial score (nSPS) is 24.5. The molecule has 3 aliphatic heterocycles. The van der Waals surface area contributed by atoms with Crippen LogP contribution in [0, 0.1) is 0 Å². The van der Waals surface area contributed by atoms with Crippen molar-refractivity contribution in [2.45, 2.75) is 25.4 Å². The fourth-order valence-corrected chi connectivity index (χ4v) is 3.80. The molecule has 7 nitrogen and oxygen atoms in total. The summed E-state index contributed by atoms with van der Waals surface area (Å²) in [6.07, 6.45) is 0.679. The van der Waals surface area contributed by atoms with Crippen molar-refractivity contribution in [1.82, 2.24) is 15.1 Å². The van der Waals surface area contributed by atoms with E-state index >= 15 is 0 Å². The number of anilines is 1. The standard InChI is InChI=1S/C18H22N4O3/c1-20-6-8-21(9-7-20)13-3-2-12-11-22(18(25)14(12)10-13)15-4-5-16(23)19-17(15)24/h2-3,10,15H,4-9,11H2,1H3,(H,19,23,24). The molecule has 1 atom stereocenters. The van der Waals surface area contributed by atoms with Crippen molar-refractivity contribution in [3.8, 4) is 0 Å². The van der Waals surface area contributed by atoms with Crippen molar-refractivity contribution in [3.05, 3.63) is 29.3 Å². The number of rotatable bonds is 2. The predicted octanol–water partition coefficient (Wildman–Crippen LogP) is 0.199. The van der Waals surface area contributed by atoms with Crippen molar-refractivity contribution in [3.63, 3.8) is 0 Å². The molecule has 132 valence electrons. The average Bonchev–Trinajstić information content (AvgIpc) is 2.92. The molecule has 0 aliphatic carbocycles. The van der Waals surface area contributed by atoms with E-state index in [1.807, 2.05) is 12.1 Å². The van der Waals surface area contributed by atoms with Gasteiger partial charge >= 0.3 is 0 Å². The molecule has 4 rings (SSSR count). The van der Waals surface area contributed by atoms with Crippen molar-refractivity contribution < 1.29 is 14.4 Å². The number of benzene rings is 1. The van der Waals surface area contributed by atoms with Crippen molar-refractivity contribution in [2.75, 3.05) is 38.1 Å². The Morgan fingerprint density at radius 1 is 1.08 bits per heavy atom. The summed E-state index contributed by atoms with van der Waals surface area (Å²) in [5, 5.41) is 2.34. The lowest BCUT2D eigenvalue weighted by Gasteiger charge is -2.34. The summed E-state index contributed by atoms with van der Waals surface area (Å²) in [6, 6.07) is 5.46. The van der Waals surface area contributed by atoms with Crippen LogP contribution in [0.25, 0.3) is 0 Å². The minimum atomic E-state index is -0.551. The topological polar surface area (TPSA) is 73.0 Å². The Balaban J connectivity index is 1.54. The van der Waals surface area contributed by atoms with Crippen LogP contribution >= 0.6 is 0 Å². The summed E-state index contributed by atoms with van der Waals surface area (Å²) < 4.78 is 0. The largest absolute Gasteiger partial charge is 0.369 e. The number of carbonyl (C=O) groups is 3. The first kappa shape index (κ1) is 16.1. The number of hydrogen-bond acceptors (Lipinski definition) is 5. The Labute approximate surface area is 146 Å². The Morgan fingerprint density at radius 2 is 1.84 bits per heavy atom. The number of hydrogen-bond donors (Lipinski definition) is 1. The van der Waals surface area contributed by atoms with E-state index in [4.69, 9.17) is 0 Å². The number of likely N-dealkylation sites (N-methyl/N-ethyl adjacent to an activating group) is 1. The van der Waals surface area contributed by atoms with Gasteiger partial charge in [-0.1, -0.05) is 6.07 Å². The van der Waals surface area contributed by atoms with Gasteiger partial charge in [0.2, 0.25) is 11.8 Å². The fourth-order valence-electron chi connectivity index (χ4n) is 3.80. The lowest BCUT2D eigenvalue weighted by atomic mass is 10.0. The number of nitrogens with zero attached hydrogens (tertiary/aromatic N) is 3. The van der Waals surface area contributed by atoms with Gasteiger partial charge in [-0.05, 0) is 31.2 Å². The van der Waals surface area contributed by atoms with Crippen LogP contribution in [-0.4, -0.2) is 66.8 Å². The Kier molecular flexibility index (Phi) is 3.95. The Hall–Kier alpha value is -2.41. The van der Waals surface area contributed by atoms with Crippen LogP contribution in [0.15, 0.2) is 18.2 Å². The molecule has 2 saturated heterocycles. The summed E-state index contributed by atoms with van der Waals surface area (Å²) in [5.74, 6) is -0.736. The molecule has 3 amide bonds. The van der Waals surface area contributed by atoms with E-state index in [1.165, 1.54) is 0 Å². The molecular formula is C18H22N4O3. The van der Waals surface area contributed by atoms with Crippen molar-refractivity contribution >= 4 is 23.4 Å². The zero-order valence-corrected chi connectivity index (χ0v) is 14.3. The SMILES string of the molecule is CN1CCN(c2ccc3c(c2)C(=O)N(C2CCC(=O)NC2=O)C3)CC1. The second-order valence-corrected chi connectivity index (χ2v) is 7.03. The van der Waals surface area contributed by atoms with Gasteiger partial charge < -0.3 is 14.7 Å². The lowest BCUT2D eigenvalue weighted by molar-refractivity contribution is -0.136. The molecule has 1 aromatic rings. The molecule has 3 heterocycles. The highest BCUT2D eigenvalue weighted by Gasteiger charge is 2.39. The molecule has 7 heteroatoms. The molecule has 0 aromatic heterocycles. The molecule has 1 aromatic carbocycles. The Bertz CT molecular complexity index is 740. The van der Waals surface area contributed by atoms with Gasteiger partial charge in [-0.2, -0.15) is 0 Å². The maximum atomic E-state index is 12.8. The molecule has 0 spiro atoms. The van der Waals surface area contributed by atoms with E-state index in [2.05, 4.69) is 28.2 Å². The number of fused-ring (bicyclic) bond motifs is 1. The fraction of sp³-hybridized carbons (Fsp3) is 0.500. The van der Waals surface area contributed by atoms with E-state index in [-0.39, 0.29) is 24.1 Å².